The van der Waals surface area contributed by atoms with Crippen LogP contribution in [0, 0.1) is 5.92 Å². The van der Waals surface area contributed by atoms with Gasteiger partial charge in [0.15, 0.2) is 5.82 Å². The van der Waals surface area contributed by atoms with E-state index in [0.29, 0.717) is 6.04 Å². The van der Waals surface area contributed by atoms with Crippen molar-refractivity contribution in [2.24, 2.45) is 5.92 Å². The molecule has 32 heavy (non-hydrogen) atoms. The van der Waals surface area contributed by atoms with Gasteiger partial charge >= 0.3 is 0 Å². The van der Waals surface area contributed by atoms with E-state index in [4.69, 9.17) is 0 Å². The van der Waals surface area contributed by atoms with Gasteiger partial charge in [-0.05, 0) is 57.7 Å². The average Bonchev–Trinajstić information content (AvgIpc) is 2.84. The highest BCUT2D eigenvalue weighted by molar-refractivity contribution is 7.99. The van der Waals surface area contributed by atoms with Gasteiger partial charge in [-0.3, -0.25) is 4.79 Å². The molecule has 2 aromatic rings. The average molecular weight is 454 g/mol. The molecule has 0 bridgehead atoms. The van der Waals surface area contributed by atoms with Crippen LogP contribution in [0.5, 0.6) is 0 Å². The smallest absolute Gasteiger partial charge is 0.223 e. The SMILES string of the molecule is C[C@@H]1CCCCN1CCCNC(=O)C1CCN(c2nccnc2Sc2ccccc2)CC1. The third-order valence-electron chi connectivity index (χ3n) is 6.63. The molecule has 3 heterocycles. The molecular weight excluding hydrogens is 418 g/mol. The number of nitrogens with zero attached hydrogens (tertiary/aromatic N) is 4. The number of hydrogen-bond acceptors (Lipinski definition) is 6. The van der Waals surface area contributed by atoms with E-state index in [9.17, 15) is 4.79 Å². The van der Waals surface area contributed by atoms with Crippen LogP contribution in [0.4, 0.5) is 5.82 Å². The molecule has 0 aliphatic carbocycles. The highest BCUT2D eigenvalue weighted by atomic mass is 32.2. The van der Waals surface area contributed by atoms with Crippen LogP contribution < -0.4 is 10.2 Å². The summed E-state index contributed by atoms with van der Waals surface area (Å²) in [6, 6.07) is 11.0. The molecule has 1 aromatic carbocycles. The number of anilines is 1. The topological polar surface area (TPSA) is 61.4 Å². The van der Waals surface area contributed by atoms with Gasteiger partial charge in [0, 0.05) is 55.4 Å². The van der Waals surface area contributed by atoms with Gasteiger partial charge in [-0.2, -0.15) is 0 Å². The zero-order valence-electron chi connectivity index (χ0n) is 19.1. The van der Waals surface area contributed by atoms with Gasteiger partial charge in [-0.1, -0.05) is 36.4 Å². The van der Waals surface area contributed by atoms with Gasteiger partial charge in [0.25, 0.3) is 0 Å². The lowest BCUT2D eigenvalue weighted by Gasteiger charge is -2.34. The van der Waals surface area contributed by atoms with Crippen molar-refractivity contribution >= 4 is 23.5 Å². The Balaban J connectivity index is 1.22. The van der Waals surface area contributed by atoms with Crippen LogP contribution in [-0.4, -0.2) is 59.5 Å². The first-order valence-corrected chi connectivity index (χ1v) is 12.8. The van der Waals surface area contributed by atoms with Crippen LogP contribution in [0.25, 0.3) is 0 Å². The molecular formula is C25H35N5OS. The Bertz CT molecular complexity index is 856. The van der Waals surface area contributed by atoms with E-state index in [0.717, 1.165) is 61.2 Å². The van der Waals surface area contributed by atoms with Crippen LogP contribution >= 0.6 is 11.8 Å². The number of nitrogens with one attached hydrogen (secondary N) is 1. The molecule has 1 aromatic heterocycles. The predicted molar refractivity (Wildman–Crippen MR) is 130 cm³/mol. The first kappa shape index (κ1) is 23.1. The molecule has 1 atom stereocenters. The van der Waals surface area contributed by atoms with Crippen LogP contribution in [0.3, 0.4) is 0 Å². The number of rotatable bonds is 8. The van der Waals surface area contributed by atoms with Crippen LogP contribution in [0.15, 0.2) is 52.6 Å². The lowest BCUT2D eigenvalue weighted by atomic mass is 9.96. The van der Waals surface area contributed by atoms with Crippen molar-refractivity contribution in [3.8, 4) is 0 Å². The quantitative estimate of drug-likeness (QED) is 0.604. The van der Waals surface area contributed by atoms with Gasteiger partial charge in [-0.25, -0.2) is 9.97 Å². The Morgan fingerprint density at radius 3 is 2.62 bits per heavy atom. The van der Waals surface area contributed by atoms with Gasteiger partial charge in [0.2, 0.25) is 5.91 Å². The molecule has 2 aliphatic rings. The molecule has 0 unspecified atom stereocenters. The Morgan fingerprint density at radius 1 is 1.06 bits per heavy atom. The first-order valence-electron chi connectivity index (χ1n) is 12.0. The Morgan fingerprint density at radius 2 is 1.84 bits per heavy atom. The van der Waals surface area contributed by atoms with Crippen LogP contribution in [0.2, 0.25) is 0 Å². The Hall–Kier alpha value is -2.12. The second kappa shape index (κ2) is 11.7. The fourth-order valence-electron chi connectivity index (χ4n) is 4.69. The van der Waals surface area contributed by atoms with Crippen molar-refractivity contribution in [2.45, 2.75) is 61.4 Å². The van der Waals surface area contributed by atoms with E-state index >= 15 is 0 Å². The summed E-state index contributed by atoms with van der Waals surface area (Å²) in [6.45, 7) is 7.08. The summed E-state index contributed by atoms with van der Waals surface area (Å²) in [4.78, 5) is 27.9. The maximum atomic E-state index is 12.7. The highest BCUT2D eigenvalue weighted by Crippen LogP contribution is 2.33. The van der Waals surface area contributed by atoms with Gasteiger partial charge in [0.1, 0.15) is 5.03 Å². The summed E-state index contributed by atoms with van der Waals surface area (Å²) < 4.78 is 0. The molecule has 1 N–H and O–H groups in total. The number of benzene rings is 1. The van der Waals surface area contributed by atoms with Gasteiger partial charge in [-0.15, -0.1) is 0 Å². The molecule has 1 amide bonds. The summed E-state index contributed by atoms with van der Waals surface area (Å²) >= 11 is 1.64. The molecule has 2 fully saturated rings. The second-order valence-electron chi connectivity index (χ2n) is 8.89. The minimum absolute atomic E-state index is 0.0991. The van der Waals surface area contributed by atoms with Gasteiger partial charge in [0.05, 0.1) is 0 Å². The minimum Gasteiger partial charge on any atom is -0.356 e. The van der Waals surface area contributed by atoms with E-state index < -0.39 is 0 Å². The fraction of sp³-hybridized carbons (Fsp3) is 0.560. The highest BCUT2D eigenvalue weighted by Gasteiger charge is 2.27. The molecule has 0 spiro atoms. The van der Waals surface area contributed by atoms with E-state index in [-0.39, 0.29) is 11.8 Å². The monoisotopic (exact) mass is 453 g/mol. The normalized spacial score (nSPS) is 20.3. The lowest BCUT2D eigenvalue weighted by Crippen LogP contribution is -2.42. The van der Waals surface area contributed by atoms with Crippen molar-refractivity contribution in [1.29, 1.82) is 0 Å². The fourth-order valence-corrected chi connectivity index (χ4v) is 5.59. The number of piperidine rings is 2. The molecule has 4 rings (SSSR count). The Labute approximate surface area is 196 Å². The number of carbonyl (C=O) groups excluding carboxylic acids is 1. The predicted octanol–water partition coefficient (Wildman–Crippen LogP) is 4.22. The number of amides is 1. The number of likely N-dealkylation sites (tertiary alicyclic amines) is 1. The molecule has 0 saturated carbocycles. The Kier molecular flexibility index (Phi) is 8.40. The zero-order valence-corrected chi connectivity index (χ0v) is 19.9. The summed E-state index contributed by atoms with van der Waals surface area (Å²) in [5.41, 5.74) is 0. The molecule has 172 valence electrons. The van der Waals surface area contributed by atoms with E-state index in [1.165, 1.54) is 25.8 Å². The number of aromatic nitrogens is 2. The summed E-state index contributed by atoms with van der Waals surface area (Å²) in [5.74, 6) is 1.24. The van der Waals surface area contributed by atoms with E-state index in [1.807, 2.05) is 18.2 Å². The maximum Gasteiger partial charge on any atom is 0.223 e. The summed E-state index contributed by atoms with van der Waals surface area (Å²) in [7, 11) is 0. The van der Waals surface area contributed by atoms with Crippen LogP contribution in [-0.2, 0) is 4.79 Å². The van der Waals surface area contributed by atoms with Crippen molar-refractivity contribution < 1.29 is 4.79 Å². The molecule has 0 radical (unpaired) electrons. The van der Waals surface area contributed by atoms with Crippen molar-refractivity contribution in [3.05, 3.63) is 42.7 Å². The van der Waals surface area contributed by atoms with Crippen molar-refractivity contribution in [3.63, 3.8) is 0 Å². The van der Waals surface area contributed by atoms with Crippen molar-refractivity contribution in [1.82, 2.24) is 20.2 Å². The van der Waals surface area contributed by atoms with Crippen molar-refractivity contribution in [2.75, 3.05) is 37.6 Å². The zero-order chi connectivity index (χ0) is 22.2. The lowest BCUT2D eigenvalue weighted by molar-refractivity contribution is -0.125. The second-order valence-corrected chi connectivity index (χ2v) is 9.95. The van der Waals surface area contributed by atoms with Gasteiger partial charge < -0.3 is 15.1 Å². The summed E-state index contributed by atoms with van der Waals surface area (Å²) in [6.07, 6.45) is 10.2. The third-order valence-corrected chi connectivity index (χ3v) is 7.62. The molecule has 2 aliphatic heterocycles. The largest absolute Gasteiger partial charge is 0.356 e. The maximum absolute atomic E-state index is 12.7. The van der Waals surface area contributed by atoms with E-state index in [1.54, 1.807) is 24.2 Å². The van der Waals surface area contributed by atoms with E-state index in [2.05, 4.69) is 44.1 Å². The molecule has 6 nitrogen and oxygen atoms in total. The summed E-state index contributed by atoms with van der Waals surface area (Å²) in [5, 5.41) is 4.11. The molecule has 2 saturated heterocycles. The minimum atomic E-state index is 0.0991. The number of carbonyl (C=O) groups is 1. The molecule has 7 heteroatoms. The third kappa shape index (κ3) is 6.23. The first-order chi connectivity index (χ1) is 15.7. The van der Waals surface area contributed by atoms with Crippen LogP contribution in [0.1, 0.15) is 45.4 Å². The number of hydrogen-bond donors (Lipinski definition) is 1. The standard InChI is InChI=1S/C25H35N5OS/c1-20-8-5-6-16-29(20)17-7-13-27-24(31)21-11-18-30(19-12-21)23-25(28-15-14-26-23)32-22-9-3-2-4-10-22/h2-4,9-10,14-15,20-21H,5-8,11-13,16-19H2,1H3,(H,27,31)/t20-/m1/s1.